The monoisotopic (exact) mass is 189 g/mol. The Bertz CT molecular complexity index is 115. The lowest BCUT2D eigenvalue weighted by Gasteiger charge is -2.23. The Morgan fingerprint density at radius 2 is 2.15 bits per heavy atom. The predicted octanol–water partition coefficient (Wildman–Crippen LogP) is 1.16. The van der Waals surface area contributed by atoms with E-state index in [2.05, 4.69) is 12.2 Å². The number of aliphatic hydroxyl groups is 1. The van der Waals surface area contributed by atoms with E-state index in [-0.39, 0.29) is 0 Å². The fourth-order valence-corrected chi connectivity index (χ4v) is 1.18. The van der Waals surface area contributed by atoms with Crippen LogP contribution >= 0.6 is 0 Å². The Balaban J connectivity index is 3.39. The van der Waals surface area contributed by atoms with E-state index >= 15 is 0 Å². The molecule has 3 nitrogen and oxygen atoms in total. The van der Waals surface area contributed by atoms with Crippen LogP contribution in [0.5, 0.6) is 0 Å². The zero-order valence-electron chi connectivity index (χ0n) is 9.10. The number of rotatable bonds is 8. The van der Waals surface area contributed by atoms with Crippen LogP contribution in [0.3, 0.4) is 0 Å². The molecule has 0 aliphatic heterocycles. The maximum absolute atomic E-state index is 9.84. The van der Waals surface area contributed by atoms with Crippen LogP contribution < -0.4 is 5.32 Å². The first-order chi connectivity index (χ1) is 6.12. The Morgan fingerprint density at radius 3 is 2.69 bits per heavy atom. The quantitative estimate of drug-likeness (QED) is 0.563. The van der Waals surface area contributed by atoms with Gasteiger partial charge in [-0.2, -0.15) is 0 Å². The third kappa shape index (κ3) is 8.22. The molecule has 0 bridgehead atoms. The van der Waals surface area contributed by atoms with Gasteiger partial charge in [-0.25, -0.2) is 0 Å². The second-order valence-electron chi connectivity index (χ2n) is 3.77. The molecular formula is C10H23NO2. The van der Waals surface area contributed by atoms with Gasteiger partial charge in [0.2, 0.25) is 0 Å². The molecule has 0 radical (unpaired) electrons. The molecule has 0 aromatic heterocycles. The highest BCUT2D eigenvalue weighted by atomic mass is 16.5. The molecule has 0 saturated carbocycles. The van der Waals surface area contributed by atoms with Crippen LogP contribution in [0.15, 0.2) is 0 Å². The second kappa shape index (κ2) is 7.30. The number of hydrogen-bond donors (Lipinski definition) is 2. The van der Waals surface area contributed by atoms with Crippen LogP contribution in [0.25, 0.3) is 0 Å². The summed E-state index contributed by atoms with van der Waals surface area (Å²) in [6, 6.07) is 0. The fraction of sp³-hybridized carbons (Fsp3) is 1.00. The van der Waals surface area contributed by atoms with Crippen LogP contribution in [-0.4, -0.2) is 37.5 Å². The topological polar surface area (TPSA) is 41.5 Å². The maximum atomic E-state index is 9.84. The van der Waals surface area contributed by atoms with E-state index in [9.17, 15) is 5.11 Å². The van der Waals surface area contributed by atoms with Crippen LogP contribution in [0.1, 0.15) is 33.1 Å². The van der Waals surface area contributed by atoms with E-state index in [1.807, 2.05) is 6.92 Å². The SMILES string of the molecule is CCCCC(C)(O)CNCCOC. The Morgan fingerprint density at radius 1 is 1.46 bits per heavy atom. The summed E-state index contributed by atoms with van der Waals surface area (Å²) in [5, 5.41) is 13.0. The molecule has 0 spiro atoms. The van der Waals surface area contributed by atoms with Gasteiger partial charge in [-0.3, -0.25) is 0 Å². The molecule has 2 N–H and O–H groups in total. The molecule has 3 heteroatoms. The van der Waals surface area contributed by atoms with Gasteiger partial charge in [0.05, 0.1) is 12.2 Å². The molecule has 0 aliphatic carbocycles. The van der Waals surface area contributed by atoms with Gasteiger partial charge in [0.1, 0.15) is 0 Å². The number of nitrogens with one attached hydrogen (secondary N) is 1. The largest absolute Gasteiger partial charge is 0.389 e. The van der Waals surface area contributed by atoms with E-state index in [0.29, 0.717) is 13.2 Å². The summed E-state index contributed by atoms with van der Waals surface area (Å²) < 4.78 is 4.89. The zero-order valence-corrected chi connectivity index (χ0v) is 9.10. The lowest BCUT2D eigenvalue weighted by atomic mass is 9.99. The first kappa shape index (κ1) is 12.9. The van der Waals surface area contributed by atoms with Gasteiger partial charge in [-0.05, 0) is 13.3 Å². The van der Waals surface area contributed by atoms with Crippen molar-refractivity contribution in [2.24, 2.45) is 0 Å². The summed E-state index contributed by atoms with van der Waals surface area (Å²) in [7, 11) is 1.68. The van der Waals surface area contributed by atoms with Crippen molar-refractivity contribution in [1.29, 1.82) is 0 Å². The minimum absolute atomic E-state index is 0.566. The van der Waals surface area contributed by atoms with Crippen molar-refractivity contribution in [3.8, 4) is 0 Å². The van der Waals surface area contributed by atoms with Gasteiger partial charge in [0, 0.05) is 20.2 Å². The molecule has 0 aliphatic rings. The van der Waals surface area contributed by atoms with E-state index in [0.717, 1.165) is 25.8 Å². The van der Waals surface area contributed by atoms with Gasteiger partial charge in [0.15, 0.2) is 0 Å². The third-order valence-corrected chi connectivity index (χ3v) is 2.06. The first-order valence-corrected chi connectivity index (χ1v) is 5.04. The molecule has 0 rings (SSSR count). The number of unbranched alkanes of at least 4 members (excludes halogenated alkanes) is 1. The maximum Gasteiger partial charge on any atom is 0.0743 e. The minimum Gasteiger partial charge on any atom is -0.389 e. The van der Waals surface area contributed by atoms with E-state index < -0.39 is 5.60 Å². The summed E-state index contributed by atoms with van der Waals surface area (Å²) in [6.45, 7) is 6.16. The number of ether oxygens (including phenoxy) is 1. The van der Waals surface area contributed by atoms with Gasteiger partial charge in [-0.15, -0.1) is 0 Å². The summed E-state index contributed by atoms with van der Waals surface area (Å²) in [5.41, 5.74) is -0.566. The summed E-state index contributed by atoms with van der Waals surface area (Å²) in [6.07, 6.45) is 3.08. The smallest absolute Gasteiger partial charge is 0.0743 e. The summed E-state index contributed by atoms with van der Waals surface area (Å²) in [4.78, 5) is 0. The molecule has 1 unspecified atom stereocenters. The van der Waals surface area contributed by atoms with Crippen LogP contribution in [0.2, 0.25) is 0 Å². The Kier molecular flexibility index (Phi) is 7.23. The molecule has 0 aromatic rings. The average molecular weight is 189 g/mol. The normalized spacial score (nSPS) is 15.7. The molecule has 0 fully saturated rings. The minimum atomic E-state index is -0.566. The van der Waals surface area contributed by atoms with Gasteiger partial charge < -0.3 is 15.2 Å². The average Bonchev–Trinajstić information content (AvgIpc) is 2.09. The molecule has 0 amide bonds. The molecular weight excluding hydrogens is 166 g/mol. The van der Waals surface area contributed by atoms with Crippen LogP contribution in [0.4, 0.5) is 0 Å². The summed E-state index contributed by atoms with van der Waals surface area (Å²) in [5.74, 6) is 0. The van der Waals surface area contributed by atoms with Crippen molar-refractivity contribution in [2.45, 2.75) is 38.7 Å². The molecule has 80 valence electrons. The van der Waals surface area contributed by atoms with Crippen molar-refractivity contribution < 1.29 is 9.84 Å². The molecule has 13 heavy (non-hydrogen) atoms. The Hall–Kier alpha value is -0.120. The van der Waals surface area contributed by atoms with E-state index in [1.165, 1.54) is 0 Å². The molecule has 0 saturated heterocycles. The lowest BCUT2D eigenvalue weighted by Crippen LogP contribution is -2.38. The highest BCUT2D eigenvalue weighted by molar-refractivity contribution is 4.74. The van der Waals surface area contributed by atoms with Gasteiger partial charge in [0.25, 0.3) is 0 Å². The van der Waals surface area contributed by atoms with Gasteiger partial charge in [-0.1, -0.05) is 19.8 Å². The van der Waals surface area contributed by atoms with Crippen molar-refractivity contribution in [1.82, 2.24) is 5.32 Å². The number of hydrogen-bond acceptors (Lipinski definition) is 3. The lowest BCUT2D eigenvalue weighted by molar-refractivity contribution is 0.0469. The fourth-order valence-electron chi connectivity index (χ4n) is 1.18. The molecule has 0 heterocycles. The highest BCUT2D eigenvalue weighted by Crippen LogP contribution is 2.11. The van der Waals surface area contributed by atoms with Crippen molar-refractivity contribution in [2.75, 3.05) is 26.8 Å². The number of methoxy groups -OCH3 is 1. The van der Waals surface area contributed by atoms with E-state index in [1.54, 1.807) is 7.11 Å². The van der Waals surface area contributed by atoms with Crippen molar-refractivity contribution >= 4 is 0 Å². The van der Waals surface area contributed by atoms with Crippen molar-refractivity contribution in [3.05, 3.63) is 0 Å². The van der Waals surface area contributed by atoms with Crippen molar-refractivity contribution in [3.63, 3.8) is 0 Å². The van der Waals surface area contributed by atoms with E-state index in [4.69, 9.17) is 4.74 Å². The molecule has 1 atom stereocenters. The summed E-state index contributed by atoms with van der Waals surface area (Å²) >= 11 is 0. The zero-order chi connectivity index (χ0) is 10.2. The van der Waals surface area contributed by atoms with Crippen LogP contribution in [-0.2, 0) is 4.74 Å². The standard InChI is InChI=1S/C10H23NO2/c1-4-5-6-10(2,12)9-11-7-8-13-3/h11-12H,4-9H2,1-3H3. The highest BCUT2D eigenvalue weighted by Gasteiger charge is 2.18. The first-order valence-electron chi connectivity index (χ1n) is 5.04. The second-order valence-corrected chi connectivity index (χ2v) is 3.77. The predicted molar refractivity (Wildman–Crippen MR) is 54.9 cm³/mol. The Labute approximate surface area is 81.5 Å². The van der Waals surface area contributed by atoms with Gasteiger partial charge >= 0.3 is 0 Å². The molecule has 0 aromatic carbocycles. The van der Waals surface area contributed by atoms with Crippen LogP contribution in [0, 0.1) is 0 Å². The third-order valence-electron chi connectivity index (χ3n) is 2.06.